The van der Waals surface area contributed by atoms with Gasteiger partial charge in [-0.2, -0.15) is 13.2 Å². The van der Waals surface area contributed by atoms with Crippen molar-refractivity contribution in [2.75, 3.05) is 11.9 Å². The van der Waals surface area contributed by atoms with Crippen molar-refractivity contribution in [3.05, 3.63) is 29.8 Å². The number of benzene rings is 1. The SMILES string of the molecule is O=C(NCC(O)C1CCCC1)C(=O)Nc1ccc(C(F)(F)F)cc1. The standard InChI is InChI=1S/C16H19F3N2O3/c17-16(18,19)11-5-7-12(8-6-11)21-15(24)14(23)20-9-13(22)10-3-1-2-4-10/h5-8,10,13,22H,1-4,9H2,(H,20,23)(H,21,24). The van der Waals surface area contributed by atoms with Gasteiger partial charge in [0.2, 0.25) is 0 Å². The predicted octanol–water partition coefficient (Wildman–Crippen LogP) is 2.31. The van der Waals surface area contributed by atoms with Gasteiger partial charge in [-0.3, -0.25) is 9.59 Å². The first-order valence-electron chi connectivity index (χ1n) is 7.72. The zero-order valence-corrected chi connectivity index (χ0v) is 12.9. The van der Waals surface area contributed by atoms with Gasteiger partial charge in [-0.05, 0) is 43.0 Å². The van der Waals surface area contributed by atoms with Crippen molar-refractivity contribution in [1.29, 1.82) is 0 Å². The number of carbonyl (C=O) groups is 2. The molecule has 3 N–H and O–H groups in total. The Morgan fingerprint density at radius 3 is 2.25 bits per heavy atom. The van der Waals surface area contributed by atoms with Crippen LogP contribution in [0.5, 0.6) is 0 Å². The third-order valence-corrected chi connectivity index (χ3v) is 4.09. The topological polar surface area (TPSA) is 78.4 Å². The maximum absolute atomic E-state index is 12.4. The molecule has 1 aliphatic rings. The van der Waals surface area contributed by atoms with Gasteiger partial charge in [0, 0.05) is 12.2 Å². The highest BCUT2D eigenvalue weighted by Crippen LogP contribution is 2.30. The third-order valence-electron chi connectivity index (χ3n) is 4.09. The highest BCUT2D eigenvalue weighted by Gasteiger charge is 2.30. The quantitative estimate of drug-likeness (QED) is 0.734. The van der Waals surface area contributed by atoms with Crippen molar-refractivity contribution in [1.82, 2.24) is 5.32 Å². The van der Waals surface area contributed by atoms with Gasteiger partial charge in [0.25, 0.3) is 0 Å². The summed E-state index contributed by atoms with van der Waals surface area (Å²) in [5, 5.41) is 14.5. The van der Waals surface area contributed by atoms with Crippen molar-refractivity contribution in [3.8, 4) is 0 Å². The van der Waals surface area contributed by atoms with Gasteiger partial charge in [-0.15, -0.1) is 0 Å². The van der Waals surface area contributed by atoms with Gasteiger partial charge in [0.15, 0.2) is 0 Å². The van der Waals surface area contributed by atoms with E-state index in [1.165, 1.54) is 0 Å². The number of carbonyl (C=O) groups excluding carboxylic acids is 2. The fourth-order valence-corrected chi connectivity index (χ4v) is 2.72. The highest BCUT2D eigenvalue weighted by atomic mass is 19.4. The van der Waals surface area contributed by atoms with Crippen LogP contribution < -0.4 is 10.6 Å². The number of hydrogen-bond acceptors (Lipinski definition) is 3. The van der Waals surface area contributed by atoms with Crippen LogP contribution >= 0.6 is 0 Å². The van der Waals surface area contributed by atoms with E-state index >= 15 is 0 Å². The number of halogens is 3. The molecule has 1 aromatic carbocycles. The molecule has 8 heteroatoms. The Morgan fingerprint density at radius 1 is 1.12 bits per heavy atom. The lowest BCUT2D eigenvalue weighted by atomic mass is 10.0. The van der Waals surface area contributed by atoms with Gasteiger partial charge >= 0.3 is 18.0 Å². The van der Waals surface area contributed by atoms with Crippen LogP contribution in [0.4, 0.5) is 18.9 Å². The van der Waals surface area contributed by atoms with Gasteiger partial charge in [0.1, 0.15) is 0 Å². The lowest BCUT2D eigenvalue weighted by Crippen LogP contribution is -2.41. The second-order valence-electron chi connectivity index (χ2n) is 5.85. The van der Waals surface area contributed by atoms with Gasteiger partial charge in [-0.1, -0.05) is 12.8 Å². The summed E-state index contributed by atoms with van der Waals surface area (Å²) in [7, 11) is 0. The Bertz CT molecular complexity index is 581. The van der Waals surface area contributed by atoms with E-state index in [4.69, 9.17) is 0 Å². The Hall–Kier alpha value is -2.09. The summed E-state index contributed by atoms with van der Waals surface area (Å²) in [6.07, 6.45) is -1.27. The average Bonchev–Trinajstić information content (AvgIpc) is 3.06. The van der Waals surface area contributed by atoms with Crippen molar-refractivity contribution in [2.45, 2.75) is 38.0 Å². The van der Waals surface area contributed by atoms with E-state index in [0.29, 0.717) is 0 Å². The Morgan fingerprint density at radius 2 is 1.71 bits per heavy atom. The summed E-state index contributed by atoms with van der Waals surface area (Å²) in [4.78, 5) is 23.4. The molecule has 0 heterocycles. The molecule has 0 spiro atoms. The van der Waals surface area contributed by atoms with Crippen molar-refractivity contribution in [3.63, 3.8) is 0 Å². The van der Waals surface area contributed by atoms with E-state index in [1.807, 2.05) is 0 Å². The maximum atomic E-state index is 12.4. The molecule has 0 saturated heterocycles. The largest absolute Gasteiger partial charge is 0.416 e. The summed E-state index contributed by atoms with van der Waals surface area (Å²) in [6, 6.07) is 3.78. The predicted molar refractivity (Wildman–Crippen MR) is 81.0 cm³/mol. The molecule has 2 rings (SSSR count). The molecule has 1 unspecified atom stereocenters. The van der Waals surface area contributed by atoms with E-state index < -0.39 is 29.7 Å². The van der Waals surface area contributed by atoms with Crippen LogP contribution in [-0.2, 0) is 15.8 Å². The van der Waals surface area contributed by atoms with E-state index in [0.717, 1.165) is 49.9 Å². The monoisotopic (exact) mass is 344 g/mol. The number of rotatable bonds is 4. The molecule has 132 valence electrons. The number of hydrogen-bond donors (Lipinski definition) is 3. The molecule has 1 atom stereocenters. The summed E-state index contributed by atoms with van der Waals surface area (Å²) in [5.74, 6) is -1.80. The van der Waals surface area contributed by atoms with E-state index in [1.54, 1.807) is 0 Å². The zero-order chi connectivity index (χ0) is 17.7. The summed E-state index contributed by atoms with van der Waals surface area (Å²) in [5.41, 5.74) is -0.760. The number of alkyl halides is 3. The Labute approximate surface area is 137 Å². The van der Waals surface area contributed by atoms with Crippen LogP contribution in [-0.4, -0.2) is 29.6 Å². The summed E-state index contributed by atoms with van der Waals surface area (Å²) in [6.45, 7) is -0.0239. The van der Waals surface area contributed by atoms with Crippen LogP contribution in [0, 0.1) is 5.92 Å². The van der Waals surface area contributed by atoms with E-state index in [-0.39, 0.29) is 18.2 Å². The number of aliphatic hydroxyl groups is 1. The lowest BCUT2D eigenvalue weighted by Gasteiger charge is -2.17. The Kier molecular flexibility index (Phi) is 5.82. The van der Waals surface area contributed by atoms with E-state index in [9.17, 15) is 27.9 Å². The molecule has 1 fully saturated rings. The lowest BCUT2D eigenvalue weighted by molar-refractivity contribution is -0.137. The second kappa shape index (κ2) is 7.65. The fraction of sp³-hybridized carbons (Fsp3) is 0.500. The first-order chi connectivity index (χ1) is 11.3. The molecule has 1 aliphatic carbocycles. The van der Waals surface area contributed by atoms with Crippen LogP contribution in [0.1, 0.15) is 31.2 Å². The van der Waals surface area contributed by atoms with Crippen molar-refractivity contribution < 1.29 is 27.9 Å². The molecule has 24 heavy (non-hydrogen) atoms. The molecule has 0 aliphatic heterocycles. The summed E-state index contributed by atoms with van der Waals surface area (Å²) >= 11 is 0. The second-order valence-corrected chi connectivity index (χ2v) is 5.85. The van der Waals surface area contributed by atoms with Crippen LogP contribution in [0.2, 0.25) is 0 Å². The van der Waals surface area contributed by atoms with Crippen LogP contribution in [0.15, 0.2) is 24.3 Å². The molecule has 1 aromatic rings. The number of anilines is 1. The number of amides is 2. The third kappa shape index (κ3) is 4.95. The minimum absolute atomic E-state index is 0.0239. The highest BCUT2D eigenvalue weighted by molar-refractivity contribution is 6.39. The molecule has 5 nitrogen and oxygen atoms in total. The van der Waals surface area contributed by atoms with Crippen LogP contribution in [0.25, 0.3) is 0 Å². The van der Waals surface area contributed by atoms with Gasteiger partial charge in [0.05, 0.1) is 11.7 Å². The first kappa shape index (κ1) is 18.3. The molecular formula is C16H19F3N2O3. The molecule has 0 radical (unpaired) electrons. The molecule has 0 bridgehead atoms. The Balaban J connectivity index is 1.81. The minimum Gasteiger partial charge on any atom is -0.391 e. The number of nitrogens with one attached hydrogen (secondary N) is 2. The van der Waals surface area contributed by atoms with Gasteiger partial charge in [-0.25, -0.2) is 0 Å². The molecular weight excluding hydrogens is 325 g/mol. The normalized spacial score (nSPS) is 16.7. The average molecular weight is 344 g/mol. The minimum atomic E-state index is -4.46. The number of aliphatic hydroxyl groups excluding tert-OH is 1. The van der Waals surface area contributed by atoms with Crippen LogP contribution in [0.3, 0.4) is 0 Å². The molecule has 1 saturated carbocycles. The van der Waals surface area contributed by atoms with Gasteiger partial charge < -0.3 is 15.7 Å². The molecule has 0 aromatic heterocycles. The molecule has 2 amide bonds. The van der Waals surface area contributed by atoms with Crippen molar-refractivity contribution >= 4 is 17.5 Å². The zero-order valence-electron chi connectivity index (χ0n) is 12.9. The van der Waals surface area contributed by atoms with Crippen molar-refractivity contribution in [2.24, 2.45) is 5.92 Å². The maximum Gasteiger partial charge on any atom is 0.416 e. The van der Waals surface area contributed by atoms with E-state index in [2.05, 4.69) is 10.6 Å². The summed E-state index contributed by atoms with van der Waals surface area (Å²) < 4.78 is 37.3. The smallest absolute Gasteiger partial charge is 0.391 e. The first-order valence-corrected chi connectivity index (χ1v) is 7.72. The fourth-order valence-electron chi connectivity index (χ4n) is 2.72.